The van der Waals surface area contributed by atoms with Gasteiger partial charge in [-0.25, -0.2) is 0 Å². The van der Waals surface area contributed by atoms with Crippen molar-refractivity contribution in [2.75, 3.05) is 13.1 Å². The summed E-state index contributed by atoms with van der Waals surface area (Å²) in [4.78, 5) is 0. The van der Waals surface area contributed by atoms with Crippen LogP contribution in [0.25, 0.3) is 0 Å². The van der Waals surface area contributed by atoms with Gasteiger partial charge < -0.3 is 16.2 Å². The maximum atomic E-state index is 10.1. The molecule has 4 aliphatic carbocycles. The van der Waals surface area contributed by atoms with Gasteiger partial charge in [0, 0.05) is 19.1 Å². The smallest absolute Gasteiger partial charge is 0.0543 e. The van der Waals surface area contributed by atoms with E-state index in [9.17, 15) is 5.11 Å². The minimum absolute atomic E-state index is 0.0233. The van der Waals surface area contributed by atoms with Gasteiger partial charge >= 0.3 is 0 Å². The summed E-state index contributed by atoms with van der Waals surface area (Å²) >= 11 is 0. The van der Waals surface area contributed by atoms with Crippen molar-refractivity contribution in [3.8, 4) is 0 Å². The van der Waals surface area contributed by atoms with Crippen molar-refractivity contribution in [1.29, 1.82) is 0 Å². The van der Waals surface area contributed by atoms with Crippen LogP contribution < -0.4 is 11.1 Å². The van der Waals surface area contributed by atoms with E-state index < -0.39 is 0 Å². The van der Waals surface area contributed by atoms with Gasteiger partial charge in [0.25, 0.3) is 0 Å². The molecule has 4 rings (SSSR count). The molecule has 3 heteroatoms. The fourth-order valence-corrected chi connectivity index (χ4v) is 7.83. The third kappa shape index (κ3) is 2.49. The van der Waals surface area contributed by atoms with E-state index in [0.717, 1.165) is 49.6 Å². The lowest BCUT2D eigenvalue weighted by molar-refractivity contribution is -0.123. The summed E-state index contributed by atoms with van der Waals surface area (Å²) in [6.07, 6.45) is 11.7. The van der Waals surface area contributed by atoms with Gasteiger partial charge in [0.1, 0.15) is 0 Å². The average molecular weight is 335 g/mol. The molecule has 138 valence electrons. The van der Waals surface area contributed by atoms with E-state index in [4.69, 9.17) is 5.73 Å². The molecule has 4 fully saturated rings. The second-order valence-corrected chi connectivity index (χ2v) is 10.0. The van der Waals surface area contributed by atoms with E-state index in [1.165, 1.54) is 44.9 Å². The molecule has 4 N–H and O–H groups in total. The van der Waals surface area contributed by atoms with Crippen LogP contribution in [-0.4, -0.2) is 30.3 Å². The van der Waals surface area contributed by atoms with Gasteiger partial charge in [-0.05, 0) is 92.3 Å². The largest absolute Gasteiger partial charge is 0.393 e. The Kier molecular flexibility index (Phi) is 4.50. The fourth-order valence-electron chi connectivity index (χ4n) is 7.83. The number of aliphatic hydroxyl groups is 1. The van der Waals surface area contributed by atoms with Crippen molar-refractivity contribution in [3.63, 3.8) is 0 Å². The summed E-state index contributed by atoms with van der Waals surface area (Å²) in [5.41, 5.74) is 6.74. The molecule has 0 amide bonds. The van der Waals surface area contributed by atoms with Gasteiger partial charge in [-0.2, -0.15) is 0 Å². The van der Waals surface area contributed by atoms with Crippen molar-refractivity contribution in [2.24, 2.45) is 40.2 Å². The first kappa shape index (κ1) is 17.3. The minimum Gasteiger partial charge on any atom is -0.393 e. The van der Waals surface area contributed by atoms with Gasteiger partial charge in [-0.3, -0.25) is 0 Å². The first-order chi connectivity index (χ1) is 11.5. The van der Waals surface area contributed by atoms with E-state index in [1.54, 1.807) is 0 Å². The van der Waals surface area contributed by atoms with Crippen LogP contribution in [0.15, 0.2) is 0 Å². The molecule has 4 aliphatic rings. The second-order valence-electron chi connectivity index (χ2n) is 10.0. The molecule has 0 unspecified atom stereocenters. The van der Waals surface area contributed by atoms with Crippen LogP contribution in [-0.2, 0) is 0 Å². The molecule has 3 nitrogen and oxygen atoms in total. The molecule has 0 bridgehead atoms. The Morgan fingerprint density at radius 1 is 0.958 bits per heavy atom. The number of rotatable bonds is 3. The molecule has 0 aromatic rings. The maximum absolute atomic E-state index is 10.1. The zero-order chi connectivity index (χ0) is 16.9. The van der Waals surface area contributed by atoms with Gasteiger partial charge in [0.2, 0.25) is 0 Å². The predicted molar refractivity (Wildman–Crippen MR) is 98.6 cm³/mol. The molecule has 8 atom stereocenters. The number of nitrogens with one attached hydrogen (secondary N) is 1. The summed E-state index contributed by atoms with van der Waals surface area (Å²) in [6, 6.07) is 0.686. The Hall–Kier alpha value is -0.120. The lowest BCUT2D eigenvalue weighted by Crippen LogP contribution is -2.56. The SMILES string of the molecule is C[C@]12CC[C@@H](O)C[C@@H]1CC[C@H]1[C@H]2CC[C@]2(C)[C@@H](NCCN)CC[C@@H]12. The quantitative estimate of drug-likeness (QED) is 0.742. The monoisotopic (exact) mass is 334 g/mol. The third-order valence-electron chi connectivity index (χ3n) is 9.17. The van der Waals surface area contributed by atoms with Crippen LogP contribution in [0.1, 0.15) is 71.6 Å². The standard InChI is InChI=1S/C21H38N2O/c1-20-9-7-15(24)13-14(20)3-4-16-17-5-6-19(23-12-11-22)21(17,2)10-8-18(16)20/h14-19,23-24H,3-13,22H2,1-2H3/t14-,15+,16+,17-,18+,19-,20-,21-/m0/s1. The first-order valence-electron chi connectivity index (χ1n) is 10.6. The fraction of sp³-hybridized carbons (Fsp3) is 1.00. The average Bonchev–Trinajstić information content (AvgIpc) is 2.90. The lowest BCUT2D eigenvalue weighted by atomic mass is 9.45. The Bertz CT molecular complexity index is 469. The molecule has 0 radical (unpaired) electrons. The highest BCUT2D eigenvalue weighted by Crippen LogP contribution is 2.66. The van der Waals surface area contributed by atoms with E-state index in [1.807, 2.05) is 0 Å². The number of nitrogens with two attached hydrogens (primary N) is 1. The molecular formula is C21H38N2O. The van der Waals surface area contributed by atoms with Crippen molar-refractivity contribution in [1.82, 2.24) is 5.32 Å². The third-order valence-corrected chi connectivity index (χ3v) is 9.17. The molecule has 0 aromatic carbocycles. The molecule has 4 saturated carbocycles. The molecule has 0 saturated heterocycles. The Morgan fingerprint density at radius 2 is 1.71 bits per heavy atom. The van der Waals surface area contributed by atoms with Crippen molar-refractivity contribution >= 4 is 0 Å². The summed E-state index contributed by atoms with van der Waals surface area (Å²) in [7, 11) is 0. The van der Waals surface area contributed by atoms with Crippen LogP contribution in [0, 0.1) is 34.5 Å². The van der Waals surface area contributed by atoms with Gasteiger partial charge in [0.15, 0.2) is 0 Å². The van der Waals surface area contributed by atoms with Crippen LogP contribution in [0.3, 0.4) is 0 Å². The number of aliphatic hydroxyl groups excluding tert-OH is 1. The molecular weight excluding hydrogens is 296 g/mol. The number of hydrogen-bond acceptors (Lipinski definition) is 3. The van der Waals surface area contributed by atoms with Gasteiger partial charge in [0.05, 0.1) is 6.10 Å². The summed E-state index contributed by atoms with van der Waals surface area (Å²) < 4.78 is 0. The number of fused-ring (bicyclic) bond motifs is 5. The van der Waals surface area contributed by atoms with Crippen molar-refractivity contribution in [3.05, 3.63) is 0 Å². The first-order valence-corrected chi connectivity index (χ1v) is 10.6. The molecule has 0 aromatic heterocycles. The maximum Gasteiger partial charge on any atom is 0.0543 e. The van der Waals surface area contributed by atoms with E-state index >= 15 is 0 Å². The van der Waals surface area contributed by atoms with Crippen molar-refractivity contribution in [2.45, 2.75) is 83.8 Å². The lowest BCUT2D eigenvalue weighted by Gasteiger charge is -2.61. The topological polar surface area (TPSA) is 58.3 Å². The Balaban J connectivity index is 1.54. The zero-order valence-corrected chi connectivity index (χ0v) is 15.8. The summed E-state index contributed by atoms with van der Waals surface area (Å²) in [5, 5.41) is 13.9. The molecule has 0 heterocycles. The molecule has 24 heavy (non-hydrogen) atoms. The highest BCUT2D eigenvalue weighted by Gasteiger charge is 2.59. The van der Waals surface area contributed by atoms with Crippen LogP contribution in [0.2, 0.25) is 0 Å². The second kappa shape index (κ2) is 6.25. The van der Waals surface area contributed by atoms with Gasteiger partial charge in [-0.15, -0.1) is 0 Å². The van der Waals surface area contributed by atoms with Crippen LogP contribution in [0.5, 0.6) is 0 Å². The van der Waals surface area contributed by atoms with E-state index in [-0.39, 0.29) is 6.10 Å². The minimum atomic E-state index is -0.0233. The van der Waals surface area contributed by atoms with Crippen LogP contribution >= 0.6 is 0 Å². The van der Waals surface area contributed by atoms with Crippen molar-refractivity contribution < 1.29 is 5.11 Å². The molecule has 0 aliphatic heterocycles. The Labute approximate surface area is 148 Å². The summed E-state index contributed by atoms with van der Waals surface area (Å²) in [6.45, 7) is 6.89. The highest BCUT2D eigenvalue weighted by atomic mass is 16.3. The van der Waals surface area contributed by atoms with Crippen LogP contribution in [0.4, 0.5) is 0 Å². The highest BCUT2D eigenvalue weighted by molar-refractivity contribution is 5.10. The van der Waals surface area contributed by atoms with E-state index in [2.05, 4.69) is 19.2 Å². The Morgan fingerprint density at radius 3 is 2.50 bits per heavy atom. The number of hydrogen-bond donors (Lipinski definition) is 3. The predicted octanol–water partition coefficient (Wildman–Crippen LogP) is 3.31. The molecule has 0 spiro atoms. The normalized spacial score (nSPS) is 54.0. The van der Waals surface area contributed by atoms with E-state index in [0.29, 0.717) is 16.9 Å². The summed E-state index contributed by atoms with van der Waals surface area (Å²) in [5.74, 6) is 3.54. The van der Waals surface area contributed by atoms with Gasteiger partial charge in [-0.1, -0.05) is 13.8 Å². The zero-order valence-electron chi connectivity index (χ0n) is 15.8.